The van der Waals surface area contributed by atoms with Crippen molar-refractivity contribution in [3.8, 4) is 0 Å². The lowest BCUT2D eigenvalue weighted by Crippen LogP contribution is -2.40. The lowest BCUT2D eigenvalue weighted by molar-refractivity contribution is -0.127. The van der Waals surface area contributed by atoms with Gasteiger partial charge in [0.25, 0.3) is 0 Å². The number of hydrogen-bond acceptors (Lipinski definition) is 4. The molecule has 98 valence electrons. The van der Waals surface area contributed by atoms with E-state index in [1.165, 1.54) is 6.92 Å². The number of hydrogen-bond donors (Lipinski definition) is 2. The van der Waals surface area contributed by atoms with E-state index in [2.05, 4.69) is 10.9 Å². The van der Waals surface area contributed by atoms with E-state index in [4.69, 9.17) is 0 Å². The number of aryl methyl sites for hydroxylation is 2. The van der Waals surface area contributed by atoms with Gasteiger partial charge in [0.1, 0.15) is 0 Å². The average molecular weight is 268 g/mol. The number of ketones is 1. The molecule has 0 saturated heterocycles. The SMILES string of the molecule is CC(=O)NNC(=O)CCC(=O)c1cc(C)sc1C. The standard InChI is InChI=1S/C12H16N2O3S/c1-7-6-10(8(2)18-7)11(16)4-5-12(17)14-13-9(3)15/h6H,4-5H2,1-3H3,(H,13,15)(H,14,17). The van der Waals surface area contributed by atoms with Crippen molar-refractivity contribution in [1.82, 2.24) is 10.9 Å². The molecule has 5 nitrogen and oxygen atoms in total. The van der Waals surface area contributed by atoms with Crippen molar-refractivity contribution < 1.29 is 14.4 Å². The summed E-state index contributed by atoms with van der Waals surface area (Å²) in [7, 11) is 0. The fourth-order valence-electron chi connectivity index (χ4n) is 1.49. The Morgan fingerprint density at radius 1 is 1.17 bits per heavy atom. The van der Waals surface area contributed by atoms with Gasteiger partial charge < -0.3 is 0 Å². The van der Waals surface area contributed by atoms with Crippen molar-refractivity contribution >= 4 is 28.9 Å². The molecule has 0 radical (unpaired) electrons. The van der Waals surface area contributed by atoms with E-state index in [0.717, 1.165) is 9.75 Å². The molecule has 0 spiro atoms. The molecule has 1 aromatic rings. The zero-order valence-electron chi connectivity index (χ0n) is 10.6. The van der Waals surface area contributed by atoms with Gasteiger partial charge in [-0.15, -0.1) is 11.3 Å². The topological polar surface area (TPSA) is 75.3 Å². The van der Waals surface area contributed by atoms with Crippen molar-refractivity contribution in [2.75, 3.05) is 0 Å². The Labute approximate surface area is 110 Å². The smallest absolute Gasteiger partial charge is 0.238 e. The number of Topliss-reactive ketones (excluding diaryl/α,β-unsaturated/α-hetero) is 1. The molecule has 0 atom stereocenters. The van der Waals surface area contributed by atoms with Crippen LogP contribution in [0.5, 0.6) is 0 Å². The Bertz CT molecular complexity index is 480. The Hall–Kier alpha value is -1.69. The summed E-state index contributed by atoms with van der Waals surface area (Å²) in [5.74, 6) is -0.767. The molecule has 1 heterocycles. The van der Waals surface area contributed by atoms with E-state index in [9.17, 15) is 14.4 Å². The second kappa shape index (κ2) is 6.30. The number of nitrogens with one attached hydrogen (secondary N) is 2. The van der Waals surface area contributed by atoms with Crippen molar-refractivity contribution in [3.05, 3.63) is 21.4 Å². The third-order valence-electron chi connectivity index (χ3n) is 2.30. The van der Waals surface area contributed by atoms with Gasteiger partial charge in [-0.2, -0.15) is 0 Å². The Morgan fingerprint density at radius 3 is 2.33 bits per heavy atom. The van der Waals surface area contributed by atoms with Gasteiger partial charge in [-0.1, -0.05) is 0 Å². The van der Waals surface area contributed by atoms with Crippen molar-refractivity contribution in [2.24, 2.45) is 0 Å². The second-order valence-corrected chi connectivity index (χ2v) is 5.44. The lowest BCUT2D eigenvalue weighted by atomic mass is 10.1. The first-order valence-corrected chi connectivity index (χ1v) is 6.37. The molecule has 0 aromatic carbocycles. The third kappa shape index (κ3) is 4.29. The van der Waals surface area contributed by atoms with E-state index in [1.54, 1.807) is 11.3 Å². The summed E-state index contributed by atoms with van der Waals surface area (Å²) < 4.78 is 0. The summed E-state index contributed by atoms with van der Waals surface area (Å²) in [6.07, 6.45) is 0.204. The second-order valence-electron chi connectivity index (χ2n) is 3.98. The molecule has 2 N–H and O–H groups in total. The van der Waals surface area contributed by atoms with Gasteiger partial charge in [0, 0.05) is 35.1 Å². The third-order valence-corrected chi connectivity index (χ3v) is 3.26. The highest BCUT2D eigenvalue weighted by Crippen LogP contribution is 2.22. The molecule has 0 aliphatic carbocycles. The molecular weight excluding hydrogens is 252 g/mol. The minimum absolute atomic E-state index is 0.0465. The number of hydrazine groups is 1. The molecule has 0 bridgehead atoms. The molecular formula is C12H16N2O3S. The summed E-state index contributed by atoms with van der Waals surface area (Å²) in [4.78, 5) is 35.8. The van der Waals surface area contributed by atoms with Crippen LogP contribution in [0, 0.1) is 13.8 Å². The maximum Gasteiger partial charge on any atom is 0.238 e. The average Bonchev–Trinajstić information content (AvgIpc) is 2.62. The summed E-state index contributed by atoms with van der Waals surface area (Å²) in [5, 5.41) is 0. The minimum Gasteiger partial charge on any atom is -0.294 e. The molecule has 18 heavy (non-hydrogen) atoms. The fourth-order valence-corrected chi connectivity index (χ4v) is 2.43. The summed E-state index contributed by atoms with van der Waals surface area (Å²) >= 11 is 1.57. The largest absolute Gasteiger partial charge is 0.294 e. The number of carbonyl (C=O) groups is 3. The molecule has 6 heteroatoms. The van der Waals surface area contributed by atoms with Gasteiger partial charge in [0.2, 0.25) is 11.8 Å². The van der Waals surface area contributed by atoms with Crippen LogP contribution in [0.15, 0.2) is 6.07 Å². The molecule has 0 unspecified atom stereocenters. The van der Waals surface area contributed by atoms with Gasteiger partial charge in [0.15, 0.2) is 5.78 Å². The molecule has 0 fully saturated rings. The molecule has 0 aliphatic heterocycles. The fraction of sp³-hybridized carbons (Fsp3) is 0.417. The highest BCUT2D eigenvalue weighted by Gasteiger charge is 2.13. The molecule has 0 saturated carbocycles. The van der Waals surface area contributed by atoms with Crippen molar-refractivity contribution in [2.45, 2.75) is 33.6 Å². The normalized spacial score (nSPS) is 9.94. The summed E-state index contributed by atoms with van der Waals surface area (Å²) in [6.45, 7) is 5.13. The van der Waals surface area contributed by atoms with Crippen LogP contribution in [0.1, 0.15) is 39.9 Å². The van der Waals surface area contributed by atoms with Gasteiger partial charge in [0.05, 0.1) is 0 Å². The molecule has 2 amide bonds. The number of carbonyl (C=O) groups excluding carboxylic acids is 3. The Balaban J connectivity index is 2.44. The number of rotatable bonds is 4. The summed E-state index contributed by atoms with van der Waals surface area (Å²) in [6, 6.07) is 1.84. The monoisotopic (exact) mass is 268 g/mol. The highest BCUT2D eigenvalue weighted by molar-refractivity contribution is 7.12. The van der Waals surface area contributed by atoms with E-state index in [1.807, 2.05) is 19.9 Å². The van der Waals surface area contributed by atoms with Crippen LogP contribution in [0.4, 0.5) is 0 Å². The Morgan fingerprint density at radius 2 is 1.83 bits per heavy atom. The summed E-state index contributed by atoms with van der Waals surface area (Å²) in [5.41, 5.74) is 5.08. The van der Waals surface area contributed by atoms with Crippen molar-refractivity contribution in [3.63, 3.8) is 0 Å². The zero-order chi connectivity index (χ0) is 13.7. The van der Waals surface area contributed by atoms with E-state index in [0.29, 0.717) is 5.56 Å². The molecule has 1 aromatic heterocycles. The van der Waals surface area contributed by atoms with Gasteiger partial charge in [-0.25, -0.2) is 0 Å². The maximum atomic E-state index is 11.9. The van der Waals surface area contributed by atoms with Crippen LogP contribution in [0.25, 0.3) is 0 Å². The van der Waals surface area contributed by atoms with Crippen LogP contribution >= 0.6 is 11.3 Å². The molecule has 0 aliphatic rings. The zero-order valence-corrected chi connectivity index (χ0v) is 11.4. The van der Waals surface area contributed by atoms with Crippen LogP contribution in [-0.2, 0) is 9.59 Å². The predicted octanol–water partition coefficient (Wildman–Crippen LogP) is 1.50. The van der Waals surface area contributed by atoms with Crippen LogP contribution in [-0.4, -0.2) is 17.6 Å². The van der Waals surface area contributed by atoms with Crippen LogP contribution in [0.3, 0.4) is 0 Å². The quantitative estimate of drug-likeness (QED) is 0.642. The Kier molecular flexibility index (Phi) is 5.03. The van der Waals surface area contributed by atoms with Crippen molar-refractivity contribution in [1.29, 1.82) is 0 Å². The van der Waals surface area contributed by atoms with Crippen LogP contribution < -0.4 is 10.9 Å². The first kappa shape index (κ1) is 14.4. The predicted molar refractivity (Wildman–Crippen MR) is 69.3 cm³/mol. The number of thiophene rings is 1. The number of amides is 2. The van der Waals surface area contributed by atoms with Crippen LogP contribution in [0.2, 0.25) is 0 Å². The lowest BCUT2D eigenvalue weighted by Gasteiger charge is -2.04. The van der Waals surface area contributed by atoms with E-state index in [-0.39, 0.29) is 30.4 Å². The van der Waals surface area contributed by atoms with Gasteiger partial charge in [-0.05, 0) is 19.9 Å². The van der Waals surface area contributed by atoms with E-state index >= 15 is 0 Å². The van der Waals surface area contributed by atoms with Gasteiger partial charge in [-0.3, -0.25) is 25.2 Å². The first-order valence-electron chi connectivity index (χ1n) is 5.56. The van der Waals surface area contributed by atoms with Gasteiger partial charge >= 0.3 is 0 Å². The minimum atomic E-state index is -0.372. The first-order chi connectivity index (χ1) is 8.40. The maximum absolute atomic E-state index is 11.9. The molecule has 1 rings (SSSR count). The highest BCUT2D eigenvalue weighted by atomic mass is 32.1. The van der Waals surface area contributed by atoms with E-state index < -0.39 is 0 Å².